The van der Waals surface area contributed by atoms with Crippen LogP contribution in [0.15, 0.2) is 29.4 Å². The summed E-state index contributed by atoms with van der Waals surface area (Å²) in [4.78, 5) is 11.0. The summed E-state index contributed by atoms with van der Waals surface area (Å²) in [6.07, 6.45) is 5.75. The zero-order valence-corrected chi connectivity index (χ0v) is 9.43. The molecule has 2 aliphatic rings. The zero-order chi connectivity index (χ0) is 11.0. The van der Waals surface area contributed by atoms with E-state index in [1.807, 2.05) is 0 Å². The fourth-order valence-electron chi connectivity index (χ4n) is 3.51. The van der Waals surface area contributed by atoms with Crippen LogP contribution in [0.4, 0.5) is 0 Å². The third-order valence-corrected chi connectivity index (χ3v) is 4.32. The van der Waals surface area contributed by atoms with Gasteiger partial charge in [-0.05, 0) is 48.6 Å². The highest BCUT2D eigenvalue weighted by Gasteiger charge is 2.37. The highest BCUT2D eigenvalue weighted by Crippen LogP contribution is 2.39. The lowest BCUT2D eigenvalue weighted by atomic mass is 9.76. The van der Waals surface area contributed by atoms with Gasteiger partial charge in [0.2, 0.25) is 0 Å². The lowest BCUT2D eigenvalue weighted by Gasteiger charge is -2.31. The first-order valence-electron chi connectivity index (χ1n) is 6.27. The van der Waals surface area contributed by atoms with Crippen LogP contribution in [0.2, 0.25) is 0 Å². The summed E-state index contributed by atoms with van der Waals surface area (Å²) in [6, 6.07) is 8.73. The standard InChI is InChI=1S/C14H17NO/c16-15-14-12-6-3-7-13(14)9-11-5-2-1-4-10(11)8-12/h1-2,4-5,12-14H,3,6-9H2. The van der Waals surface area contributed by atoms with Crippen molar-refractivity contribution >= 4 is 0 Å². The highest BCUT2D eigenvalue weighted by molar-refractivity contribution is 5.30. The molecule has 1 aromatic carbocycles. The van der Waals surface area contributed by atoms with Gasteiger partial charge in [0.25, 0.3) is 0 Å². The summed E-state index contributed by atoms with van der Waals surface area (Å²) in [6.45, 7) is 0. The van der Waals surface area contributed by atoms with Crippen molar-refractivity contribution in [2.24, 2.45) is 17.0 Å². The Bertz CT molecular complexity index is 368. The van der Waals surface area contributed by atoms with Crippen molar-refractivity contribution in [1.82, 2.24) is 0 Å². The van der Waals surface area contributed by atoms with Gasteiger partial charge in [-0.15, -0.1) is 0 Å². The minimum atomic E-state index is 0.0705. The molecule has 1 aromatic rings. The molecule has 2 heteroatoms. The second-order valence-corrected chi connectivity index (χ2v) is 5.22. The van der Waals surface area contributed by atoms with E-state index in [9.17, 15) is 4.91 Å². The van der Waals surface area contributed by atoms with Gasteiger partial charge in [0.15, 0.2) is 0 Å². The quantitative estimate of drug-likeness (QED) is 0.661. The molecule has 2 atom stereocenters. The first-order valence-corrected chi connectivity index (χ1v) is 6.27. The van der Waals surface area contributed by atoms with E-state index in [1.165, 1.54) is 30.4 Å². The lowest BCUT2D eigenvalue weighted by Crippen LogP contribution is -2.32. The summed E-state index contributed by atoms with van der Waals surface area (Å²) in [5, 5.41) is 3.43. The van der Waals surface area contributed by atoms with E-state index in [4.69, 9.17) is 0 Å². The Morgan fingerprint density at radius 3 is 2.06 bits per heavy atom. The van der Waals surface area contributed by atoms with Gasteiger partial charge in [-0.2, -0.15) is 4.91 Å². The second-order valence-electron chi connectivity index (χ2n) is 5.22. The molecule has 0 spiro atoms. The Balaban J connectivity index is 2.00. The molecule has 0 amide bonds. The SMILES string of the molecule is O=NC1C2CCCC1Cc1ccccc1C2. The summed E-state index contributed by atoms with van der Waals surface area (Å²) < 4.78 is 0. The maximum absolute atomic E-state index is 11.0. The summed E-state index contributed by atoms with van der Waals surface area (Å²) >= 11 is 0. The van der Waals surface area contributed by atoms with Crippen molar-refractivity contribution in [3.63, 3.8) is 0 Å². The van der Waals surface area contributed by atoms with Gasteiger partial charge >= 0.3 is 0 Å². The van der Waals surface area contributed by atoms with Gasteiger partial charge in [-0.1, -0.05) is 35.9 Å². The molecule has 0 aromatic heterocycles. The molecule has 2 bridgehead atoms. The van der Waals surface area contributed by atoms with Crippen molar-refractivity contribution in [2.75, 3.05) is 0 Å². The molecule has 1 fully saturated rings. The van der Waals surface area contributed by atoms with E-state index in [0.29, 0.717) is 11.8 Å². The van der Waals surface area contributed by atoms with E-state index < -0.39 is 0 Å². The van der Waals surface area contributed by atoms with Crippen molar-refractivity contribution in [3.8, 4) is 0 Å². The molecular formula is C14H17NO. The van der Waals surface area contributed by atoms with Crippen LogP contribution < -0.4 is 0 Å². The third kappa shape index (κ3) is 1.57. The van der Waals surface area contributed by atoms with Crippen LogP contribution >= 0.6 is 0 Å². The van der Waals surface area contributed by atoms with Crippen LogP contribution in [0.25, 0.3) is 0 Å². The molecule has 2 aliphatic carbocycles. The van der Waals surface area contributed by atoms with Crippen LogP contribution in [0.5, 0.6) is 0 Å². The molecule has 1 saturated carbocycles. The van der Waals surface area contributed by atoms with Gasteiger partial charge in [-0.25, -0.2) is 0 Å². The molecule has 3 rings (SSSR count). The molecule has 0 heterocycles. The smallest absolute Gasteiger partial charge is 0.0982 e. The average Bonchev–Trinajstić information content (AvgIpc) is 2.39. The largest absolute Gasteiger partial charge is 0.150 e. The number of hydrogen-bond donors (Lipinski definition) is 0. The highest BCUT2D eigenvalue weighted by atomic mass is 16.3. The van der Waals surface area contributed by atoms with E-state index in [2.05, 4.69) is 29.4 Å². The van der Waals surface area contributed by atoms with Crippen molar-refractivity contribution in [1.29, 1.82) is 0 Å². The first kappa shape index (κ1) is 10.0. The summed E-state index contributed by atoms with van der Waals surface area (Å²) in [5.41, 5.74) is 2.90. The fourth-order valence-corrected chi connectivity index (χ4v) is 3.51. The molecule has 0 N–H and O–H groups in total. The molecule has 2 nitrogen and oxygen atoms in total. The average molecular weight is 215 g/mol. The number of nitroso groups, excluding NO2 is 1. The number of hydrogen-bond acceptors (Lipinski definition) is 2. The van der Waals surface area contributed by atoms with Crippen LogP contribution in [0.3, 0.4) is 0 Å². The van der Waals surface area contributed by atoms with Crippen LogP contribution in [0.1, 0.15) is 30.4 Å². The monoisotopic (exact) mass is 215 g/mol. The fraction of sp³-hybridized carbons (Fsp3) is 0.571. The zero-order valence-electron chi connectivity index (χ0n) is 9.43. The second kappa shape index (κ2) is 4.00. The predicted octanol–water partition coefficient (Wildman–Crippen LogP) is 3.34. The topological polar surface area (TPSA) is 29.4 Å². The van der Waals surface area contributed by atoms with Crippen molar-refractivity contribution in [2.45, 2.75) is 38.1 Å². The number of nitrogens with zero attached hydrogens (tertiary/aromatic N) is 1. The maximum Gasteiger partial charge on any atom is 0.0982 e. The Morgan fingerprint density at radius 1 is 1.00 bits per heavy atom. The lowest BCUT2D eigenvalue weighted by molar-refractivity contribution is 0.228. The van der Waals surface area contributed by atoms with E-state index in [0.717, 1.165) is 12.8 Å². The number of benzene rings is 1. The minimum Gasteiger partial charge on any atom is -0.150 e. The van der Waals surface area contributed by atoms with E-state index in [-0.39, 0.29) is 6.04 Å². The molecular weight excluding hydrogens is 198 g/mol. The molecule has 16 heavy (non-hydrogen) atoms. The Morgan fingerprint density at radius 2 is 1.56 bits per heavy atom. The van der Waals surface area contributed by atoms with Crippen LogP contribution in [-0.4, -0.2) is 6.04 Å². The summed E-state index contributed by atoms with van der Waals surface area (Å²) in [5.74, 6) is 1.000. The van der Waals surface area contributed by atoms with Gasteiger partial charge in [0, 0.05) is 0 Å². The van der Waals surface area contributed by atoms with Gasteiger partial charge < -0.3 is 0 Å². The summed E-state index contributed by atoms with van der Waals surface area (Å²) in [7, 11) is 0. The molecule has 0 aliphatic heterocycles. The number of fused-ring (bicyclic) bond motifs is 3. The molecule has 0 radical (unpaired) electrons. The van der Waals surface area contributed by atoms with Crippen LogP contribution in [-0.2, 0) is 12.8 Å². The maximum atomic E-state index is 11.0. The van der Waals surface area contributed by atoms with E-state index in [1.54, 1.807) is 0 Å². The minimum absolute atomic E-state index is 0.0705. The van der Waals surface area contributed by atoms with E-state index >= 15 is 0 Å². The third-order valence-electron chi connectivity index (χ3n) is 4.32. The number of rotatable bonds is 1. The van der Waals surface area contributed by atoms with Crippen molar-refractivity contribution in [3.05, 3.63) is 40.3 Å². The van der Waals surface area contributed by atoms with Crippen LogP contribution in [0, 0.1) is 16.7 Å². The first-order chi connectivity index (χ1) is 7.88. The molecule has 84 valence electrons. The van der Waals surface area contributed by atoms with Crippen molar-refractivity contribution < 1.29 is 0 Å². The molecule has 0 saturated heterocycles. The van der Waals surface area contributed by atoms with Gasteiger partial charge in [-0.3, -0.25) is 0 Å². The normalized spacial score (nSPS) is 32.6. The molecule has 2 unspecified atom stereocenters. The Kier molecular flexibility index (Phi) is 2.50. The van der Waals surface area contributed by atoms with Gasteiger partial charge in [0.05, 0.1) is 6.04 Å². The Hall–Kier alpha value is -1.18. The Labute approximate surface area is 96.0 Å². The predicted molar refractivity (Wildman–Crippen MR) is 64.3 cm³/mol. The van der Waals surface area contributed by atoms with Gasteiger partial charge in [0.1, 0.15) is 0 Å².